The molecule has 3 nitrogen and oxygen atoms in total. The Morgan fingerprint density at radius 2 is 1.94 bits per heavy atom. The first-order valence-corrected chi connectivity index (χ1v) is 7.62. The predicted octanol–water partition coefficient (Wildman–Crippen LogP) is 2.60. The molecule has 0 saturated heterocycles. The van der Waals surface area contributed by atoms with Crippen molar-refractivity contribution in [2.24, 2.45) is 5.92 Å². The molecule has 2 unspecified atom stereocenters. The summed E-state index contributed by atoms with van der Waals surface area (Å²) < 4.78 is 0. The molecule has 2 aliphatic carbocycles. The van der Waals surface area contributed by atoms with Crippen molar-refractivity contribution in [3.63, 3.8) is 0 Å². The molecule has 0 radical (unpaired) electrons. The van der Waals surface area contributed by atoms with Crippen LogP contribution < -0.4 is 10.6 Å². The minimum Gasteiger partial charge on any atom is -0.353 e. The first-order valence-electron chi connectivity index (χ1n) is 7.62. The quantitative estimate of drug-likeness (QED) is 0.807. The fourth-order valence-corrected chi connectivity index (χ4v) is 3.67. The van der Waals surface area contributed by atoms with Crippen molar-refractivity contribution >= 4 is 5.91 Å². The highest BCUT2D eigenvalue weighted by molar-refractivity contribution is 5.77. The first kappa shape index (κ1) is 13.9. The SMILES string of the molecule is CNC1(CC(=O)NC2CCC(C)C2)CCCCC1. The van der Waals surface area contributed by atoms with Gasteiger partial charge in [-0.05, 0) is 45.1 Å². The molecule has 2 atom stereocenters. The van der Waals surface area contributed by atoms with Crippen LogP contribution in [0.5, 0.6) is 0 Å². The fourth-order valence-electron chi connectivity index (χ4n) is 3.67. The van der Waals surface area contributed by atoms with Gasteiger partial charge in [0.25, 0.3) is 0 Å². The van der Waals surface area contributed by atoms with E-state index >= 15 is 0 Å². The normalized spacial score (nSPS) is 31.2. The maximum absolute atomic E-state index is 12.2. The van der Waals surface area contributed by atoms with Gasteiger partial charge in [0.2, 0.25) is 5.91 Å². The van der Waals surface area contributed by atoms with Crippen molar-refractivity contribution in [2.45, 2.75) is 76.3 Å². The Morgan fingerprint density at radius 1 is 1.22 bits per heavy atom. The monoisotopic (exact) mass is 252 g/mol. The lowest BCUT2D eigenvalue weighted by Crippen LogP contribution is -2.49. The smallest absolute Gasteiger partial charge is 0.222 e. The third kappa shape index (κ3) is 3.47. The minimum absolute atomic E-state index is 0.0759. The highest BCUT2D eigenvalue weighted by atomic mass is 16.1. The molecular formula is C15H28N2O. The van der Waals surface area contributed by atoms with Gasteiger partial charge < -0.3 is 10.6 Å². The van der Waals surface area contributed by atoms with E-state index in [2.05, 4.69) is 17.6 Å². The Morgan fingerprint density at radius 3 is 2.50 bits per heavy atom. The van der Waals surface area contributed by atoms with Gasteiger partial charge in [-0.25, -0.2) is 0 Å². The van der Waals surface area contributed by atoms with Gasteiger partial charge in [0.15, 0.2) is 0 Å². The van der Waals surface area contributed by atoms with E-state index in [1.165, 1.54) is 32.1 Å². The number of carbonyl (C=O) groups excluding carboxylic acids is 1. The van der Waals surface area contributed by atoms with Crippen molar-refractivity contribution < 1.29 is 4.79 Å². The zero-order valence-electron chi connectivity index (χ0n) is 11.9. The minimum atomic E-state index is 0.0759. The maximum atomic E-state index is 12.2. The van der Waals surface area contributed by atoms with Gasteiger partial charge in [-0.1, -0.05) is 26.2 Å². The molecule has 2 aliphatic rings. The molecular weight excluding hydrogens is 224 g/mol. The maximum Gasteiger partial charge on any atom is 0.222 e. The van der Waals surface area contributed by atoms with Crippen LogP contribution in [0.25, 0.3) is 0 Å². The Kier molecular flexibility index (Phi) is 4.66. The van der Waals surface area contributed by atoms with E-state index in [0.717, 1.165) is 25.2 Å². The Labute approximate surface area is 111 Å². The van der Waals surface area contributed by atoms with E-state index < -0.39 is 0 Å². The summed E-state index contributed by atoms with van der Waals surface area (Å²) in [5.41, 5.74) is 0.0759. The van der Waals surface area contributed by atoms with Crippen LogP contribution >= 0.6 is 0 Å². The number of nitrogens with one attached hydrogen (secondary N) is 2. The van der Waals surface area contributed by atoms with E-state index in [1.807, 2.05) is 7.05 Å². The average Bonchev–Trinajstić information content (AvgIpc) is 2.75. The number of hydrogen-bond donors (Lipinski definition) is 2. The highest BCUT2D eigenvalue weighted by Gasteiger charge is 2.33. The standard InChI is InChI=1S/C15H28N2O/c1-12-6-7-13(10-12)17-14(18)11-15(16-2)8-4-3-5-9-15/h12-13,16H,3-11H2,1-2H3,(H,17,18). The third-order valence-corrected chi connectivity index (χ3v) is 4.90. The molecule has 0 bridgehead atoms. The largest absolute Gasteiger partial charge is 0.353 e. The molecule has 0 heterocycles. The molecule has 0 aliphatic heterocycles. The van der Waals surface area contributed by atoms with Crippen LogP contribution in [0.1, 0.15) is 64.7 Å². The van der Waals surface area contributed by atoms with Gasteiger partial charge >= 0.3 is 0 Å². The second-order valence-electron chi connectivity index (χ2n) is 6.45. The van der Waals surface area contributed by atoms with Crippen LogP contribution in [-0.2, 0) is 4.79 Å². The van der Waals surface area contributed by atoms with Crippen LogP contribution in [0.2, 0.25) is 0 Å². The van der Waals surface area contributed by atoms with Crippen molar-refractivity contribution in [3.8, 4) is 0 Å². The van der Waals surface area contributed by atoms with Crippen molar-refractivity contribution in [2.75, 3.05) is 7.05 Å². The van der Waals surface area contributed by atoms with Crippen molar-refractivity contribution in [1.29, 1.82) is 0 Å². The Hall–Kier alpha value is -0.570. The van der Waals surface area contributed by atoms with E-state index in [1.54, 1.807) is 0 Å². The molecule has 18 heavy (non-hydrogen) atoms. The first-order chi connectivity index (χ1) is 8.63. The summed E-state index contributed by atoms with van der Waals surface area (Å²) in [5.74, 6) is 1.04. The molecule has 2 saturated carbocycles. The lowest BCUT2D eigenvalue weighted by Gasteiger charge is -2.37. The summed E-state index contributed by atoms with van der Waals surface area (Å²) in [6, 6.07) is 0.435. The van der Waals surface area contributed by atoms with Crippen LogP contribution in [-0.4, -0.2) is 24.5 Å². The van der Waals surface area contributed by atoms with Crippen molar-refractivity contribution in [3.05, 3.63) is 0 Å². The fraction of sp³-hybridized carbons (Fsp3) is 0.933. The molecule has 0 spiro atoms. The molecule has 1 amide bonds. The molecule has 3 heteroatoms. The van der Waals surface area contributed by atoms with Gasteiger partial charge in [0, 0.05) is 18.0 Å². The van der Waals surface area contributed by atoms with Crippen LogP contribution in [0.15, 0.2) is 0 Å². The molecule has 0 aromatic heterocycles. The van der Waals surface area contributed by atoms with Gasteiger partial charge in [0.1, 0.15) is 0 Å². The Balaban J connectivity index is 1.81. The molecule has 0 aromatic rings. The van der Waals surface area contributed by atoms with Crippen LogP contribution in [0.3, 0.4) is 0 Å². The van der Waals surface area contributed by atoms with Gasteiger partial charge in [-0.15, -0.1) is 0 Å². The molecule has 2 rings (SSSR count). The topological polar surface area (TPSA) is 41.1 Å². The lowest BCUT2D eigenvalue weighted by atomic mass is 9.79. The summed E-state index contributed by atoms with van der Waals surface area (Å²) in [6.07, 6.45) is 10.4. The summed E-state index contributed by atoms with van der Waals surface area (Å²) in [5, 5.41) is 6.66. The van der Waals surface area contributed by atoms with E-state index in [0.29, 0.717) is 12.5 Å². The van der Waals surface area contributed by atoms with Gasteiger partial charge in [-0.3, -0.25) is 4.79 Å². The summed E-state index contributed by atoms with van der Waals surface area (Å²) in [4.78, 5) is 12.2. The van der Waals surface area contributed by atoms with E-state index in [-0.39, 0.29) is 11.4 Å². The van der Waals surface area contributed by atoms with Gasteiger partial charge in [0.05, 0.1) is 0 Å². The van der Waals surface area contributed by atoms with Gasteiger partial charge in [-0.2, -0.15) is 0 Å². The lowest BCUT2D eigenvalue weighted by molar-refractivity contribution is -0.123. The summed E-state index contributed by atoms with van der Waals surface area (Å²) in [6.45, 7) is 2.28. The van der Waals surface area contributed by atoms with E-state index in [9.17, 15) is 4.79 Å². The third-order valence-electron chi connectivity index (χ3n) is 4.90. The molecule has 2 fully saturated rings. The predicted molar refractivity (Wildman–Crippen MR) is 74.4 cm³/mol. The molecule has 2 N–H and O–H groups in total. The number of hydrogen-bond acceptors (Lipinski definition) is 2. The molecule has 104 valence electrons. The summed E-state index contributed by atoms with van der Waals surface area (Å²) >= 11 is 0. The van der Waals surface area contributed by atoms with Crippen molar-refractivity contribution in [1.82, 2.24) is 10.6 Å². The second kappa shape index (κ2) is 6.05. The highest BCUT2D eigenvalue weighted by Crippen LogP contribution is 2.31. The second-order valence-corrected chi connectivity index (χ2v) is 6.45. The number of rotatable bonds is 4. The number of amides is 1. The molecule has 0 aromatic carbocycles. The van der Waals surface area contributed by atoms with Crippen LogP contribution in [0, 0.1) is 5.92 Å². The zero-order chi connectivity index (χ0) is 13.0. The summed E-state index contributed by atoms with van der Waals surface area (Å²) in [7, 11) is 2.01. The van der Waals surface area contributed by atoms with Crippen LogP contribution in [0.4, 0.5) is 0 Å². The number of carbonyl (C=O) groups is 1. The van der Waals surface area contributed by atoms with E-state index in [4.69, 9.17) is 0 Å². The average molecular weight is 252 g/mol. The Bertz CT molecular complexity index is 284. The zero-order valence-corrected chi connectivity index (χ0v) is 11.9.